The number of nitrogens with zero attached hydrogens (tertiary/aromatic N) is 2. The van der Waals surface area contributed by atoms with Gasteiger partial charge in [-0.05, 0) is 25.2 Å². The molecule has 3 heteroatoms. The Kier molecular flexibility index (Phi) is 4.14. The average molecular weight is 219 g/mol. The maximum atomic E-state index is 4.24. The van der Waals surface area contributed by atoms with E-state index in [9.17, 15) is 0 Å². The van der Waals surface area contributed by atoms with Crippen LogP contribution < -0.4 is 5.32 Å². The molecule has 1 saturated carbocycles. The Morgan fingerprint density at radius 2 is 2.25 bits per heavy atom. The van der Waals surface area contributed by atoms with Crippen molar-refractivity contribution in [1.82, 2.24) is 9.97 Å². The van der Waals surface area contributed by atoms with Gasteiger partial charge in [-0.2, -0.15) is 0 Å². The molecule has 0 amide bonds. The summed E-state index contributed by atoms with van der Waals surface area (Å²) >= 11 is 0. The normalized spacial score (nSPS) is 15.1. The summed E-state index contributed by atoms with van der Waals surface area (Å²) in [5.74, 6) is 2.01. The third-order valence-corrected chi connectivity index (χ3v) is 3.02. The number of hydrogen-bond acceptors (Lipinski definition) is 3. The Morgan fingerprint density at radius 3 is 3.00 bits per heavy atom. The largest absolute Gasteiger partial charge is 0.370 e. The molecule has 3 nitrogen and oxygen atoms in total. The van der Waals surface area contributed by atoms with Crippen LogP contribution >= 0.6 is 0 Å². The first-order valence-corrected chi connectivity index (χ1v) is 6.43. The number of anilines is 1. The summed E-state index contributed by atoms with van der Waals surface area (Å²) in [6.07, 6.45) is 9.38. The molecule has 1 fully saturated rings. The van der Waals surface area contributed by atoms with Gasteiger partial charge in [0, 0.05) is 18.3 Å². The third kappa shape index (κ3) is 3.80. The summed E-state index contributed by atoms with van der Waals surface area (Å²) in [5.41, 5.74) is 1.14. The third-order valence-electron chi connectivity index (χ3n) is 3.02. The van der Waals surface area contributed by atoms with Crippen molar-refractivity contribution in [3.63, 3.8) is 0 Å². The zero-order chi connectivity index (χ0) is 11.2. The molecule has 1 aromatic heterocycles. The summed E-state index contributed by atoms with van der Waals surface area (Å²) in [5, 5.41) is 3.38. The predicted molar refractivity (Wildman–Crippen MR) is 66.5 cm³/mol. The first kappa shape index (κ1) is 11.4. The van der Waals surface area contributed by atoms with Crippen LogP contribution in [0.15, 0.2) is 12.4 Å². The van der Waals surface area contributed by atoms with E-state index >= 15 is 0 Å². The van der Waals surface area contributed by atoms with Crippen LogP contribution in [-0.4, -0.2) is 16.5 Å². The van der Waals surface area contributed by atoms with Crippen molar-refractivity contribution in [2.45, 2.75) is 45.4 Å². The van der Waals surface area contributed by atoms with Gasteiger partial charge in [-0.3, -0.25) is 0 Å². The lowest BCUT2D eigenvalue weighted by Gasteiger charge is -2.06. The van der Waals surface area contributed by atoms with Crippen molar-refractivity contribution in [1.29, 1.82) is 0 Å². The quantitative estimate of drug-likeness (QED) is 0.716. The standard InChI is InChI=1S/C13H21N3/c1-2-4-12-9-13(16-10-15-12)14-8-3-5-11-6-7-11/h9-11H,2-8H2,1H3,(H,14,15,16). The van der Waals surface area contributed by atoms with E-state index in [-0.39, 0.29) is 0 Å². The highest BCUT2D eigenvalue weighted by molar-refractivity contribution is 5.34. The fourth-order valence-corrected chi connectivity index (χ4v) is 1.90. The molecule has 1 N–H and O–H groups in total. The van der Waals surface area contributed by atoms with Crippen molar-refractivity contribution in [2.24, 2.45) is 5.92 Å². The molecule has 1 aromatic rings. The molecule has 0 spiro atoms. The molecular weight excluding hydrogens is 198 g/mol. The summed E-state index contributed by atoms with van der Waals surface area (Å²) in [7, 11) is 0. The fourth-order valence-electron chi connectivity index (χ4n) is 1.90. The summed E-state index contributed by atoms with van der Waals surface area (Å²) in [6.45, 7) is 3.21. The maximum absolute atomic E-state index is 4.24. The van der Waals surface area contributed by atoms with Gasteiger partial charge in [0.05, 0.1) is 0 Å². The minimum atomic E-state index is 0.981. The van der Waals surface area contributed by atoms with Crippen LogP contribution in [0.1, 0.15) is 44.7 Å². The van der Waals surface area contributed by atoms with E-state index in [1.807, 2.05) is 0 Å². The van der Waals surface area contributed by atoms with Crippen LogP contribution in [0, 0.1) is 5.92 Å². The molecular formula is C13H21N3. The van der Waals surface area contributed by atoms with E-state index in [2.05, 4.69) is 28.3 Å². The van der Waals surface area contributed by atoms with Crippen LogP contribution in [0.2, 0.25) is 0 Å². The first-order chi connectivity index (χ1) is 7.88. The van der Waals surface area contributed by atoms with E-state index < -0.39 is 0 Å². The topological polar surface area (TPSA) is 37.8 Å². The second kappa shape index (κ2) is 5.83. The molecule has 0 atom stereocenters. The van der Waals surface area contributed by atoms with Crippen LogP contribution in [-0.2, 0) is 6.42 Å². The number of hydrogen-bond donors (Lipinski definition) is 1. The van der Waals surface area contributed by atoms with Crippen molar-refractivity contribution in [3.05, 3.63) is 18.1 Å². The lowest BCUT2D eigenvalue weighted by Crippen LogP contribution is -2.04. The first-order valence-electron chi connectivity index (χ1n) is 6.43. The van der Waals surface area contributed by atoms with Gasteiger partial charge in [0.15, 0.2) is 0 Å². The molecule has 0 aliphatic heterocycles. The maximum Gasteiger partial charge on any atom is 0.129 e. The number of nitrogens with one attached hydrogen (secondary N) is 1. The summed E-state index contributed by atoms with van der Waals surface area (Å²) in [6, 6.07) is 2.07. The highest BCUT2D eigenvalue weighted by atomic mass is 15.0. The van der Waals surface area contributed by atoms with Gasteiger partial charge in [-0.15, -0.1) is 0 Å². The van der Waals surface area contributed by atoms with Crippen molar-refractivity contribution in [2.75, 3.05) is 11.9 Å². The molecule has 1 aliphatic rings. The van der Waals surface area contributed by atoms with Gasteiger partial charge in [0.25, 0.3) is 0 Å². The molecule has 1 aliphatic carbocycles. The average Bonchev–Trinajstić information content (AvgIpc) is 3.09. The van der Waals surface area contributed by atoms with Crippen molar-refractivity contribution < 1.29 is 0 Å². The van der Waals surface area contributed by atoms with E-state index in [0.717, 1.165) is 36.8 Å². The molecule has 0 saturated heterocycles. The zero-order valence-electron chi connectivity index (χ0n) is 10.1. The van der Waals surface area contributed by atoms with Gasteiger partial charge in [0.1, 0.15) is 12.1 Å². The molecule has 88 valence electrons. The lowest BCUT2D eigenvalue weighted by molar-refractivity contribution is 0.686. The van der Waals surface area contributed by atoms with Crippen LogP contribution in [0.4, 0.5) is 5.82 Å². The zero-order valence-corrected chi connectivity index (χ0v) is 10.1. The van der Waals surface area contributed by atoms with E-state index in [4.69, 9.17) is 0 Å². The van der Waals surface area contributed by atoms with Gasteiger partial charge in [-0.25, -0.2) is 9.97 Å². The second-order valence-electron chi connectivity index (χ2n) is 4.66. The Hall–Kier alpha value is -1.12. The number of aromatic nitrogens is 2. The van der Waals surface area contributed by atoms with Gasteiger partial charge < -0.3 is 5.32 Å². The molecule has 0 bridgehead atoms. The Bertz CT molecular complexity index is 321. The minimum absolute atomic E-state index is 0.981. The lowest BCUT2D eigenvalue weighted by atomic mass is 10.2. The monoisotopic (exact) mass is 219 g/mol. The fraction of sp³-hybridized carbons (Fsp3) is 0.692. The van der Waals surface area contributed by atoms with Crippen molar-refractivity contribution in [3.8, 4) is 0 Å². The SMILES string of the molecule is CCCc1cc(NCCCC2CC2)ncn1. The molecule has 0 radical (unpaired) electrons. The summed E-state index contributed by atoms with van der Waals surface area (Å²) < 4.78 is 0. The van der Waals surface area contributed by atoms with Gasteiger partial charge in [-0.1, -0.05) is 26.2 Å². The van der Waals surface area contributed by atoms with E-state index in [0.29, 0.717) is 0 Å². The van der Waals surface area contributed by atoms with Gasteiger partial charge >= 0.3 is 0 Å². The number of rotatable bonds is 7. The predicted octanol–water partition coefficient (Wildman–Crippen LogP) is 3.03. The van der Waals surface area contributed by atoms with E-state index in [1.165, 1.54) is 25.7 Å². The molecule has 1 heterocycles. The minimum Gasteiger partial charge on any atom is -0.370 e. The van der Waals surface area contributed by atoms with Crippen LogP contribution in [0.25, 0.3) is 0 Å². The number of aryl methyl sites for hydroxylation is 1. The Morgan fingerprint density at radius 1 is 1.38 bits per heavy atom. The Balaban J connectivity index is 1.71. The Labute approximate surface area is 97.7 Å². The second-order valence-corrected chi connectivity index (χ2v) is 4.66. The highest BCUT2D eigenvalue weighted by Gasteiger charge is 2.19. The summed E-state index contributed by atoms with van der Waals surface area (Å²) in [4.78, 5) is 8.48. The molecule has 16 heavy (non-hydrogen) atoms. The smallest absolute Gasteiger partial charge is 0.129 e. The molecule has 2 rings (SSSR count). The molecule has 0 aromatic carbocycles. The van der Waals surface area contributed by atoms with Crippen molar-refractivity contribution >= 4 is 5.82 Å². The van der Waals surface area contributed by atoms with Crippen LogP contribution in [0.5, 0.6) is 0 Å². The van der Waals surface area contributed by atoms with E-state index in [1.54, 1.807) is 6.33 Å². The molecule has 0 unspecified atom stereocenters. The van der Waals surface area contributed by atoms with Gasteiger partial charge in [0.2, 0.25) is 0 Å². The van der Waals surface area contributed by atoms with Crippen LogP contribution in [0.3, 0.4) is 0 Å². The highest BCUT2D eigenvalue weighted by Crippen LogP contribution is 2.33.